The summed E-state index contributed by atoms with van der Waals surface area (Å²) in [6.45, 7) is 4.21. The molecule has 0 aliphatic rings. The molecule has 0 radical (unpaired) electrons. The minimum Gasteiger partial charge on any atom is -0.151 e. The number of nitrogens with zero attached hydrogens (tertiary/aromatic N) is 2. The third kappa shape index (κ3) is 2.32. The second-order valence-corrected chi connectivity index (χ2v) is 4.92. The van der Waals surface area contributed by atoms with E-state index >= 15 is 0 Å². The fraction of sp³-hybridized carbons (Fsp3) is 0.111. The van der Waals surface area contributed by atoms with Gasteiger partial charge in [-0.05, 0) is 53.9 Å². The molecule has 0 aromatic heterocycles. The number of hydrogen-bond donors (Lipinski definition) is 0. The molecule has 0 fully saturated rings. The van der Waals surface area contributed by atoms with Crippen molar-refractivity contribution in [3.8, 4) is 0 Å². The maximum atomic E-state index is 4.41. The van der Waals surface area contributed by atoms with Crippen molar-refractivity contribution in [2.24, 2.45) is 10.2 Å². The van der Waals surface area contributed by atoms with Crippen molar-refractivity contribution in [1.29, 1.82) is 0 Å². The molecule has 3 rings (SSSR count). The summed E-state index contributed by atoms with van der Waals surface area (Å²) in [5.41, 5.74) is 4.21. The number of azo groups is 1. The Bertz CT molecular complexity index is 774. The van der Waals surface area contributed by atoms with Crippen molar-refractivity contribution < 1.29 is 0 Å². The Labute approximate surface area is 118 Å². The lowest BCUT2D eigenvalue weighted by Crippen LogP contribution is -1.83. The molecule has 2 heteroatoms. The third-order valence-corrected chi connectivity index (χ3v) is 3.52. The summed E-state index contributed by atoms with van der Waals surface area (Å²) in [7, 11) is 0. The van der Waals surface area contributed by atoms with Crippen LogP contribution >= 0.6 is 0 Å². The van der Waals surface area contributed by atoms with Crippen LogP contribution in [0.1, 0.15) is 11.1 Å². The first-order chi connectivity index (χ1) is 9.75. The molecule has 0 N–H and O–H groups in total. The molecule has 20 heavy (non-hydrogen) atoms. The van der Waals surface area contributed by atoms with Crippen LogP contribution in [0.4, 0.5) is 11.4 Å². The van der Waals surface area contributed by atoms with Crippen molar-refractivity contribution in [3.63, 3.8) is 0 Å². The van der Waals surface area contributed by atoms with Crippen LogP contribution in [0.2, 0.25) is 0 Å². The summed E-state index contributed by atoms with van der Waals surface area (Å²) in [5.74, 6) is 0. The number of aryl methyl sites for hydroxylation is 2. The molecule has 0 aliphatic heterocycles. The molecular weight excluding hydrogens is 244 g/mol. The van der Waals surface area contributed by atoms with Crippen molar-refractivity contribution in [2.75, 3.05) is 0 Å². The number of fused-ring (bicyclic) bond motifs is 1. The summed E-state index contributed by atoms with van der Waals surface area (Å²) in [4.78, 5) is 0. The highest BCUT2D eigenvalue weighted by Gasteiger charge is 2.05. The van der Waals surface area contributed by atoms with Crippen molar-refractivity contribution in [3.05, 3.63) is 71.8 Å². The van der Waals surface area contributed by atoms with Gasteiger partial charge < -0.3 is 0 Å². The minimum atomic E-state index is 0.873. The lowest BCUT2D eigenvalue weighted by molar-refractivity contribution is 1.21. The summed E-state index contributed by atoms with van der Waals surface area (Å²) < 4.78 is 0. The van der Waals surface area contributed by atoms with E-state index in [4.69, 9.17) is 0 Å². The maximum Gasteiger partial charge on any atom is 0.0895 e. The van der Waals surface area contributed by atoms with Crippen LogP contribution in [-0.2, 0) is 0 Å². The van der Waals surface area contributed by atoms with E-state index in [0.717, 1.165) is 11.4 Å². The molecule has 0 unspecified atom stereocenters. The highest BCUT2D eigenvalue weighted by atomic mass is 15.1. The Morgan fingerprint density at radius 3 is 2.10 bits per heavy atom. The lowest BCUT2D eigenvalue weighted by atomic mass is 9.99. The summed E-state index contributed by atoms with van der Waals surface area (Å²) in [5, 5.41) is 11.2. The number of benzene rings is 3. The Hall–Kier alpha value is -2.48. The van der Waals surface area contributed by atoms with Gasteiger partial charge in [-0.3, -0.25) is 0 Å². The van der Waals surface area contributed by atoms with Crippen LogP contribution in [0.15, 0.2) is 70.9 Å². The second kappa shape index (κ2) is 5.25. The minimum absolute atomic E-state index is 0.873. The molecule has 0 amide bonds. The van der Waals surface area contributed by atoms with Crippen molar-refractivity contribution in [1.82, 2.24) is 0 Å². The molecule has 0 spiro atoms. The summed E-state index contributed by atoms with van der Waals surface area (Å²) in [6.07, 6.45) is 0. The largest absolute Gasteiger partial charge is 0.151 e. The normalized spacial score (nSPS) is 11.3. The van der Waals surface area contributed by atoms with Crippen LogP contribution in [0.5, 0.6) is 0 Å². The molecule has 0 atom stereocenters. The fourth-order valence-electron chi connectivity index (χ4n) is 2.39. The first-order valence-electron chi connectivity index (χ1n) is 6.71. The molecule has 98 valence electrons. The lowest BCUT2D eigenvalue weighted by Gasteiger charge is -2.08. The van der Waals surface area contributed by atoms with Crippen LogP contribution in [0, 0.1) is 13.8 Å². The van der Waals surface area contributed by atoms with Gasteiger partial charge in [-0.2, -0.15) is 10.2 Å². The standard InChI is InChI=1S/C18H16N2/c1-13-12-18(20-19-15-8-4-3-5-9-15)14(2)17-11-7-6-10-16(13)17/h3-12H,1-2H3. The zero-order valence-electron chi connectivity index (χ0n) is 11.7. The van der Waals surface area contributed by atoms with Crippen LogP contribution in [0.3, 0.4) is 0 Å². The Morgan fingerprint density at radius 2 is 1.35 bits per heavy atom. The molecule has 3 aromatic rings. The van der Waals surface area contributed by atoms with Crippen molar-refractivity contribution in [2.45, 2.75) is 13.8 Å². The van der Waals surface area contributed by atoms with Gasteiger partial charge in [-0.15, -0.1) is 0 Å². The van der Waals surface area contributed by atoms with E-state index in [0.29, 0.717) is 0 Å². The Balaban J connectivity index is 2.09. The van der Waals surface area contributed by atoms with Crippen LogP contribution in [0.25, 0.3) is 10.8 Å². The topological polar surface area (TPSA) is 24.7 Å². The Morgan fingerprint density at radius 1 is 0.700 bits per heavy atom. The van der Waals surface area contributed by atoms with E-state index in [1.807, 2.05) is 30.3 Å². The average Bonchev–Trinajstić information content (AvgIpc) is 2.50. The van der Waals surface area contributed by atoms with Gasteiger partial charge in [0, 0.05) is 0 Å². The third-order valence-electron chi connectivity index (χ3n) is 3.52. The maximum absolute atomic E-state index is 4.41. The van der Waals surface area contributed by atoms with E-state index < -0.39 is 0 Å². The van der Waals surface area contributed by atoms with E-state index in [1.54, 1.807) is 0 Å². The first kappa shape index (κ1) is 12.5. The smallest absolute Gasteiger partial charge is 0.0895 e. The van der Waals surface area contributed by atoms with Crippen LogP contribution < -0.4 is 0 Å². The Kier molecular flexibility index (Phi) is 3.30. The molecular formula is C18H16N2. The van der Waals surface area contributed by atoms with Gasteiger partial charge in [0.05, 0.1) is 11.4 Å². The predicted octanol–water partition coefficient (Wildman–Crippen LogP) is 5.87. The van der Waals surface area contributed by atoms with Gasteiger partial charge in [0.25, 0.3) is 0 Å². The van der Waals surface area contributed by atoms with Crippen molar-refractivity contribution >= 4 is 22.1 Å². The van der Waals surface area contributed by atoms with E-state index in [-0.39, 0.29) is 0 Å². The molecule has 0 aliphatic carbocycles. The zero-order chi connectivity index (χ0) is 13.9. The van der Waals surface area contributed by atoms with Gasteiger partial charge in [-0.1, -0.05) is 42.5 Å². The van der Waals surface area contributed by atoms with Gasteiger partial charge in [0.15, 0.2) is 0 Å². The summed E-state index contributed by atoms with van der Waals surface area (Å²) in [6, 6.07) is 20.3. The molecule has 0 saturated carbocycles. The monoisotopic (exact) mass is 260 g/mol. The molecule has 0 saturated heterocycles. The highest BCUT2D eigenvalue weighted by molar-refractivity contribution is 5.91. The average molecular weight is 260 g/mol. The molecule has 0 heterocycles. The summed E-state index contributed by atoms with van der Waals surface area (Å²) >= 11 is 0. The quantitative estimate of drug-likeness (QED) is 0.515. The van der Waals surface area contributed by atoms with Gasteiger partial charge >= 0.3 is 0 Å². The van der Waals surface area contributed by atoms with Gasteiger partial charge in [0.1, 0.15) is 0 Å². The zero-order valence-corrected chi connectivity index (χ0v) is 11.7. The van der Waals surface area contributed by atoms with E-state index in [1.165, 1.54) is 21.9 Å². The van der Waals surface area contributed by atoms with E-state index in [9.17, 15) is 0 Å². The SMILES string of the molecule is Cc1cc(N=Nc2ccccc2)c(C)c2ccccc12. The molecule has 0 bridgehead atoms. The number of rotatable bonds is 2. The number of hydrogen-bond acceptors (Lipinski definition) is 2. The molecule has 2 nitrogen and oxygen atoms in total. The molecule has 3 aromatic carbocycles. The first-order valence-corrected chi connectivity index (χ1v) is 6.71. The second-order valence-electron chi connectivity index (χ2n) is 4.92. The van der Waals surface area contributed by atoms with E-state index in [2.05, 4.69) is 54.4 Å². The fourth-order valence-corrected chi connectivity index (χ4v) is 2.39. The van der Waals surface area contributed by atoms with Gasteiger partial charge in [0.2, 0.25) is 0 Å². The van der Waals surface area contributed by atoms with Gasteiger partial charge in [-0.25, -0.2) is 0 Å². The highest BCUT2D eigenvalue weighted by Crippen LogP contribution is 2.31. The predicted molar refractivity (Wildman–Crippen MR) is 84.0 cm³/mol. The van der Waals surface area contributed by atoms with Crippen LogP contribution in [-0.4, -0.2) is 0 Å².